The first-order chi connectivity index (χ1) is 4.74. The first-order valence-electron chi connectivity index (χ1n) is 3.16. The minimum Gasteiger partial charge on any atom is -0.438 e. The van der Waals surface area contributed by atoms with Gasteiger partial charge in [0.1, 0.15) is 6.26 Å². The monoisotopic (exact) mass is 135 g/mol. The van der Waals surface area contributed by atoms with Gasteiger partial charge in [-0.25, -0.2) is 4.98 Å². The zero-order valence-electron chi connectivity index (χ0n) is 6.09. The Morgan fingerprint density at radius 3 is 2.70 bits per heavy atom. The lowest BCUT2D eigenvalue weighted by molar-refractivity contribution is 0.541. The Hall–Kier alpha value is -1.23. The van der Waals surface area contributed by atoms with Crippen LogP contribution in [0.25, 0.3) is 0 Å². The van der Waals surface area contributed by atoms with E-state index in [1.54, 1.807) is 6.26 Å². The third-order valence-corrected chi connectivity index (χ3v) is 1.24. The van der Waals surface area contributed by atoms with E-state index in [9.17, 15) is 0 Å². The van der Waals surface area contributed by atoms with Gasteiger partial charge in [-0.3, -0.25) is 0 Å². The first kappa shape index (κ1) is 6.88. The van der Waals surface area contributed by atoms with Gasteiger partial charge in [0.15, 0.2) is 0 Å². The van der Waals surface area contributed by atoms with E-state index >= 15 is 0 Å². The van der Waals surface area contributed by atoms with Crippen molar-refractivity contribution in [2.45, 2.75) is 19.8 Å². The van der Waals surface area contributed by atoms with Crippen LogP contribution in [0, 0.1) is 12.3 Å². The van der Waals surface area contributed by atoms with Gasteiger partial charge in [0.25, 0.3) is 5.89 Å². The second-order valence-electron chi connectivity index (χ2n) is 2.38. The van der Waals surface area contributed by atoms with Crippen molar-refractivity contribution in [3.63, 3.8) is 0 Å². The molecular formula is C8H9NO. The Kier molecular flexibility index (Phi) is 1.77. The zero-order chi connectivity index (χ0) is 7.56. The summed E-state index contributed by atoms with van der Waals surface area (Å²) in [4.78, 5) is 4.03. The topological polar surface area (TPSA) is 26.0 Å². The lowest BCUT2D eigenvalue weighted by atomic mass is 10.2. The Bertz CT molecular complexity index is 254. The molecule has 0 saturated heterocycles. The lowest BCUT2D eigenvalue weighted by Gasteiger charge is -1.93. The maximum Gasteiger partial charge on any atom is 0.273 e. The molecule has 0 fully saturated rings. The molecule has 0 aliphatic rings. The number of rotatable bonds is 1. The van der Waals surface area contributed by atoms with Crippen LogP contribution >= 0.6 is 0 Å². The summed E-state index contributed by atoms with van der Waals surface area (Å²) in [5.74, 6) is 3.07. The van der Waals surface area contributed by atoms with E-state index in [0.29, 0.717) is 11.8 Å². The van der Waals surface area contributed by atoms with Crippen molar-refractivity contribution in [3.8, 4) is 12.3 Å². The number of hydrogen-bond acceptors (Lipinski definition) is 2. The largest absolute Gasteiger partial charge is 0.438 e. The van der Waals surface area contributed by atoms with Crippen molar-refractivity contribution in [1.82, 2.24) is 4.98 Å². The second kappa shape index (κ2) is 2.57. The zero-order valence-corrected chi connectivity index (χ0v) is 6.09. The highest BCUT2D eigenvalue weighted by molar-refractivity contribution is 5.15. The standard InChI is InChI=1S/C8H9NO/c1-4-8-9-7(5-10-8)6(2)3/h1,5-6H,2-3H3. The molecule has 1 heterocycles. The molecule has 0 bridgehead atoms. The van der Waals surface area contributed by atoms with Crippen LogP contribution in [0.15, 0.2) is 10.7 Å². The average molecular weight is 135 g/mol. The van der Waals surface area contributed by atoms with Crippen LogP contribution in [0.1, 0.15) is 31.4 Å². The average Bonchev–Trinajstić information content (AvgIpc) is 2.34. The normalized spacial score (nSPS) is 9.80. The van der Waals surface area contributed by atoms with Gasteiger partial charge in [-0.05, 0) is 11.8 Å². The third kappa shape index (κ3) is 1.19. The maximum absolute atomic E-state index is 5.06. The van der Waals surface area contributed by atoms with E-state index in [1.807, 2.05) is 13.8 Å². The molecule has 0 aromatic carbocycles. The van der Waals surface area contributed by atoms with Crippen LogP contribution in [-0.4, -0.2) is 4.98 Å². The van der Waals surface area contributed by atoms with Crippen molar-refractivity contribution in [1.29, 1.82) is 0 Å². The van der Waals surface area contributed by atoms with E-state index in [4.69, 9.17) is 10.8 Å². The maximum atomic E-state index is 5.06. The summed E-state index contributed by atoms with van der Waals surface area (Å²) < 4.78 is 4.93. The van der Waals surface area contributed by atoms with Gasteiger partial charge in [0.2, 0.25) is 0 Å². The first-order valence-corrected chi connectivity index (χ1v) is 3.16. The summed E-state index contributed by atoms with van der Waals surface area (Å²) >= 11 is 0. The summed E-state index contributed by atoms with van der Waals surface area (Å²) in [5.41, 5.74) is 0.910. The molecule has 1 aromatic rings. The SMILES string of the molecule is C#Cc1nc(C(C)C)co1. The highest BCUT2D eigenvalue weighted by Gasteiger charge is 2.03. The highest BCUT2D eigenvalue weighted by Crippen LogP contribution is 2.11. The summed E-state index contributed by atoms with van der Waals surface area (Å²) in [5, 5.41) is 0. The van der Waals surface area contributed by atoms with Crippen LogP contribution in [0.3, 0.4) is 0 Å². The molecule has 52 valence electrons. The second-order valence-corrected chi connectivity index (χ2v) is 2.38. The Morgan fingerprint density at radius 2 is 2.40 bits per heavy atom. The number of terminal acetylenes is 1. The minimum atomic E-state index is 0.365. The predicted octanol–water partition coefficient (Wildman–Crippen LogP) is 1.78. The van der Waals surface area contributed by atoms with Gasteiger partial charge in [-0.1, -0.05) is 13.8 Å². The van der Waals surface area contributed by atoms with Gasteiger partial charge < -0.3 is 4.42 Å². The van der Waals surface area contributed by atoms with Gasteiger partial charge >= 0.3 is 0 Å². The van der Waals surface area contributed by atoms with Gasteiger partial charge in [-0.15, -0.1) is 6.42 Å². The molecule has 0 unspecified atom stereocenters. The molecule has 1 aromatic heterocycles. The number of aromatic nitrogens is 1. The molecular weight excluding hydrogens is 126 g/mol. The fourth-order valence-electron chi connectivity index (χ4n) is 0.618. The molecule has 1 rings (SSSR count). The summed E-state index contributed by atoms with van der Waals surface area (Å²) in [6, 6.07) is 0. The van der Waals surface area contributed by atoms with Crippen LogP contribution < -0.4 is 0 Å². The van der Waals surface area contributed by atoms with E-state index in [-0.39, 0.29) is 0 Å². The van der Waals surface area contributed by atoms with Gasteiger partial charge in [0, 0.05) is 0 Å². The van der Waals surface area contributed by atoms with Crippen molar-refractivity contribution < 1.29 is 4.42 Å². The molecule has 10 heavy (non-hydrogen) atoms. The van der Waals surface area contributed by atoms with E-state index in [1.165, 1.54) is 0 Å². The van der Waals surface area contributed by atoms with Crippen molar-refractivity contribution >= 4 is 0 Å². The number of oxazole rings is 1. The Labute approximate surface area is 60.3 Å². The predicted molar refractivity (Wildman–Crippen MR) is 38.5 cm³/mol. The molecule has 2 heteroatoms. The van der Waals surface area contributed by atoms with Crippen LogP contribution in [-0.2, 0) is 0 Å². The highest BCUT2D eigenvalue weighted by atomic mass is 16.3. The van der Waals surface area contributed by atoms with Crippen LogP contribution in [0.2, 0.25) is 0 Å². The third-order valence-electron chi connectivity index (χ3n) is 1.24. The Morgan fingerprint density at radius 1 is 1.70 bits per heavy atom. The molecule has 0 atom stereocenters. The van der Waals surface area contributed by atoms with Crippen LogP contribution in [0.5, 0.6) is 0 Å². The fourth-order valence-corrected chi connectivity index (χ4v) is 0.618. The molecule has 0 spiro atoms. The molecule has 0 aliphatic heterocycles. The van der Waals surface area contributed by atoms with Gasteiger partial charge in [-0.2, -0.15) is 0 Å². The molecule has 0 N–H and O–H groups in total. The van der Waals surface area contributed by atoms with Crippen molar-refractivity contribution in [2.75, 3.05) is 0 Å². The lowest BCUT2D eigenvalue weighted by Crippen LogP contribution is -1.85. The fraction of sp³-hybridized carbons (Fsp3) is 0.375. The minimum absolute atomic E-state index is 0.365. The molecule has 0 saturated carbocycles. The van der Waals surface area contributed by atoms with E-state index in [2.05, 4.69) is 10.9 Å². The smallest absolute Gasteiger partial charge is 0.273 e. The molecule has 0 aliphatic carbocycles. The number of hydrogen-bond donors (Lipinski definition) is 0. The van der Waals surface area contributed by atoms with Crippen molar-refractivity contribution in [3.05, 3.63) is 17.8 Å². The number of nitrogens with zero attached hydrogens (tertiary/aromatic N) is 1. The quantitative estimate of drug-likeness (QED) is 0.548. The molecule has 2 nitrogen and oxygen atoms in total. The summed E-state index contributed by atoms with van der Waals surface area (Å²) in [6.45, 7) is 4.08. The van der Waals surface area contributed by atoms with Crippen molar-refractivity contribution in [2.24, 2.45) is 0 Å². The van der Waals surface area contributed by atoms with E-state index in [0.717, 1.165) is 5.69 Å². The summed E-state index contributed by atoms with van der Waals surface area (Å²) in [6.07, 6.45) is 6.65. The van der Waals surface area contributed by atoms with Gasteiger partial charge in [0.05, 0.1) is 5.69 Å². The van der Waals surface area contributed by atoms with E-state index < -0.39 is 0 Å². The summed E-state index contributed by atoms with van der Waals surface area (Å²) in [7, 11) is 0. The molecule has 0 radical (unpaired) electrons. The van der Waals surface area contributed by atoms with Crippen LogP contribution in [0.4, 0.5) is 0 Å². The Balaban J connectivity index is 2.91. The molecule has 0 amide bonds.